The Labute approximate surface area is 99.4 Å². The molecule has 1 atom stereocenters. The fourth-order valence-electron chi connectivity index (χ4n) is 1.24. The van der Waals surface area contributed by atoms with Gasteiger partial charge in [-0.25, -0.2) is 0 Å². The molecule has 0 aliphatic carbocycles. The summed E-state index contributed by atoms with van der Waals surface area (Å²) in [6.07, 6.45) is -0.683. The molecule has 1 aromatic rings. The second kappa shape index (κ2) is 6.03. The Hall–Kier alpha value is -0.840. The van der Waals surface area contributed by atoms with Crippen LogP contribution in [-0.2, 0) is 11.3 Å². The molecule has 0 radical (unpaired) electrons. The molecule has 0 bridgehead atoms. The number of aliphatic hydroxyl groups is 1. The maximum atomic E-state index is 11.4. The first-order valence-electron chi connectivity index (χ1n) is 5.15. The minimum Gasteiger partial charge on any atom is -0.389 e. The van der Waals surface area contributed by atoms with Gasteiger partial charge in [-0.1, -0.05) is 17.7 Å². The number of rotatable bonds is 5. The first-order valence-corrected chi connectivity index (χ1v) is 5.53. The number of nitrogens with zero attached hydrogens (tertiary/aromatic N) is 1. The highest BCUT2D eigenvalue weighted by Gasteiger charge is 2.09. The monoisotopic (exact) mass is 245 g/mol. The number of aliphatic hydroxyl groups excluding tert-OH is 1. The molecule has 0 fully saturated rings. The van der Waals surface area contributed by atoms with Gasteiger partial charge in [0.1, 0.15) is 5.15 Å². The van der Waals surface area contributed by atoms with Gasteiger partial charge in [0, 0.05) is 6.07 Å². The molecule has 16 heavy (non-hydrogen) atoms. The molecule has 0 saturated carbocycles. The smallest absolute Gasteiger partial charge is 0.251 e. The van der Waals surface area contributed by atoms with Gasteiger partial charge in [-0.2, -0.15) is 0 Å². The van der Waals surface area contributed by atoms with E-state index in [1.165, 1.54) is 10.6 Å². The van der Waals surface area contributed by atoms with Gasteiger partial charge in [-0.3, -0.25) is 9.36 Å². The Morgan fingerprint density at radius 2 is 2.19 bits per heavy atom. The summed E-state index contributed by atoms with van der Waals surface area (Å²) in [4.78, 5) is 11.4. The molecule has 1 unspecified atom stereocenters. The van der Waals surface area contributed by atoms with Crippen molar-refractivity contribution in [1.29, 1.82) is 0 Å². The first-order chi connectivity index (χ1) is 7.50. The van der Waals surface area contributed by atoms with E-state index in [0.29, 0.717) is 5.15 Å². The first kappa shape index (κ1) is 13.2. The van der Waals surface area contributed by atoms with Crippen molar-refractivity contribution in [2.45, 2.75) is 32.6 Å². The fourth-order valence-corrected chi connectivity index (χ4v) is 1.46. The third-order valence-electron chi connectivity index (χ3n) is 2.01. The zero-order valence-corrected chi connectivity index (χ0v) is 10.1. The summed E-state index contributed by atoms with van der Waals surface area (Å²) < 4.78 is 6.56. The summed E-state index contributed by atoms with van der Waals surface area (Å²) in [5.74, 6) is 0. The lowest BCUT2D eigenvalue weighted by Gasteiger charge is -2.15. The summed E-state index contributed by atoms with van der Waals surface area (Å²) in [7, 11) is 0. The summed E-state index contributed by atoms with van der Waals surface area (Å²) in [5.41, 5.74) is -0.226. The molecule has 90 valence electrons. The van der Waals surface area contributed by atoms with Crippen LogP contribution in [0, 0.1) is 0 Å². The van der Waals surface area contributed by atoms with Crippen LogP contribution in [0.3, 0.4) is 0 Å². The van der Waals surface area contributed by atoms with Crippen molar-refractivity contribution in [2.75, 3.05) is 6.61 Å². The molecule has 0 amide bonds. The highest BCUT2D eigenvalue weighted by atomic mass is 35.5. The lowest BCUT2D eigenvalue weighted by atomic mass is 10.3. The molecular weight excluding hydrogens is 230 g/mol. The van der Waals surface area contributed by atoms with E-state index in [-0.39, 0.29) is 24.8 Å². The zero-order chi connectivity index (χ0) is 12.1. The minimum atomic E-state index is -0.736. The van der Waals surface area contributed by atoms with Crippen molar-refractivity contribution >= 4 is 11.6 Å². The number of aromatic nitrogens is 1. The topological polar surface area (TPSA) is 51.5 Å². The lowest BCUT2D eigenvalue weighted by Crippen LogP contribution is -2.30. The summed E-state index contributed by atoms with van der Waals surface area (Å²) in [6, 6.07) is 4.60. The van der Waals surface area contributed by atoms with Crippen LogP contribution in [0.2, 0.25) is 5.15 Å². The molecule has 4 nitrogen and oxygen atoms in total. The number of ether oxygens (including phenoxy) is 1. The lowest BCUT2D eigenvalue weighted by molar-refractivity contribution is -0.00103. The second-order valence-corrected chi connectivity index (χ2v) is 4.22. The molecule has 0 saturated heterocycles. The molecule has 0 aromatic carbocycles. The van der Waals surface area contributed by atoms with Gasteiger partial charge < -0.3 is 9.84 Å². The van der Waals surface area contributed by atoms with Gasteiger partial charge >= 0.3 is 0 Å². The molecule has 1 heterocycles. The van der Waals surface area contributed by atoms with Crippen LogP contribution in [0.4, 0.5) is 0 Å². The normalized spacial score (nSPS) is 13.1. The van der Waals surface area contributed by atoms with Crippen LogP contribution in [0.15, 0.2) is 23.0 Å². The van der Waals surface area contributed by atoms with Crippen molar-refractivity contribution in [3.8, 4) is 0 Å². The third kappa shape index (κ3) is 3.96. The Balaban J connectivity index is 2.62. The van der Waals surface area contributed by atoms with Crippen LogP contribution in [0.25, 0.3) is 0 Å². The van der Waals surface area contributed by atoms with E-state index in [2.05, 4.69) is 0 Å². The number of hydrogen-bond donors (Lipinski definition) is 1. The fraction of sp³-hybridized carbons (Fsp3) is 0.545. The van der Waals surface area contributed by atoms with Crippen molar-refractivity contribution in [2.24, 2.45) is 0 Å². The maximum absolute atomic E-state index is 11.4. The predicted molar refractivity (Wildman–Crippen MR) is 62.8 cm³/mol. The predicted octanol–water partition coefficient (Wildman–Crippen LogP) is 1.29. The van der Waals surface area contributed by atoms with Crippen molar-refractivity contribution in [3.63, 3.8) is 0 Å². The van der Waals surface area contributed by atoms with Crippen molar-refractivity contribution in [3.05, 3.63) is 33.7 Å². The van der Waals surface area contributed by atoms with Crippen LogP contribution in [0.5, 0.6) is 0 Å². The molecule has 5 heteroatoms. The Bertz CT molecular complexity index is 389. The van der Waals surface area contributed by atoms with E-state index < -0.39 is 6.10 Å². The standard InChI is InChI=1S/C11H16ClNO3/c1-8(2)16-7-9(14)6-13-10(12)4-3-5-11(13)15/h3-5,8-9,14H,6-7H2,1-2H3. The van der Waals surface area contributed by atoms with E-state index in [4.69, 9.17) is 16.3 Å². The van der Waals surface area contributed by atoms with Crippen LogP contribution in [0.1, 0.15) is 13.8 Å². The Morgan fingerprint density at radius 1 is 1.50 bits per heavy atom. The third-order valence-corrected chi connectivity index (χ3v) is 2.34. The molecule has 1 rings (SSSR count). The largest absolute Gasteiger partial charge is 0.389 e. The van der Waals surface area contributed by atoms with Crippen LogP contribution < -0.4 is 5.56 Å². The van der Waals surface area contributed by atoms with E-state index in [1.54, 1.807) is 12.1 Å². The van der Waals surface area contributed by atoms with Gasteiger partial charge in [0.25, 0.3) is 5.56 Å². The summed E-state index contributed by atoms with van der Waals surface area (Å²) in [5, 5.41) is 9.97. The highest BCUT2D eigenvalue weighted by molar-refractivity contribution is 6.29. The Kier molecular flexibility index (Phi) is 4.99. The van der Waals surface area contributed by atoms with E-state index >= 15 is 0 Å². The van der Waals surface area contributed by atoms with Gasteiger partial charge in [0.05, 0.1) is 25.4 Å². The quantitative estimate of drug-likeness (QED) is 0.796. The van der Waals surface area contributed by atoms with Gasteiger partial charge in [-0.05, 0) is 19.9 Å². The second-order valence-electron chi connectivity index (χ2n) is 3.83. The van der Waals surface area contributed by atoms with Crippen molar-refractivity contribution in [1.82, 2.24) is 4.57 Å². The average Bonchev–Trinajstić information content (AvgIpc) is 2.21. The molecule has 0 spiro atoms. The van der Waals surface area contributed by atoms with Gasteiger partial charge in [0.2, 0.25) is 0 Å². The molecule has 1 N–H and O–H groups in total. The number of hydrogen-bond acceptors (Lipinski definition) is 3. The number of pyridine rings is 1. The molecule has 1 aromatic heterocycles. The van der Waals surface area contributed by atoms with E-state index in [1.807, 2.05) is 13.8 Å². The van der Waals surface area contributed by atoms with Crippen LogP contribution >= 0.6 is 11.6 Å². The molecule has 0 aliphatic heterocycles. The molecular formula is C11H16ClNO3. The Morgan fingerprint density at radius 3 is 2.75 bits per heavy atom. The van der Waals surface area contributed by atoms with Gasteiger partial charge in [0.15, 0.2) is 0 Å². The highest BCUT2D eigenvalue weighted by Crippen LogP contribution is 2.05. The summed E-state index contributed by atoms with van der Waals surface area (Å²) >= 11 is 5.85. The maximum Gasteiger partial charge on any atom is 0.251 e. The van der Waals surface area contributed by atoms with Crippen LogP contribution in [-0.4, -0.2) is 28.5 Å². The summed E-state index contributed by atoms with van der Waals surface area (Å²) in [6.45, 7) is 4.10. The SMILES string of the molecule is CC(C)OCC(O)Cn1c(Cl)cccc1=O. The van der Waals surface area contributed by atoms with E-state index in [9.17, 15) is 9.90 Å². The van der Waals surface area contributed by atoms with Crippen molar-refractivity contribution < 1.29 is 9.84 Å². The minimum absolute atomic E-state index is 0.0533. The average molecular weight is 246 g/mol. The zero-order valence-electron chi connectivity index (χ0n) is 9.39. The van der Waals surface area contributed by atoms with Gasteiger partial charge in [-0.15, -0.1) is 0 Å². The number of halogens is 1. The van der Waals surface area contributed by atoms with E-state index in [0.717, 1.165) is 0 Å². The molecule has 0 aliphatic rings.